The van der Waals surface area contributed by atoms with Crippen molar-refractivity contribution in [1.29, 1.82) is 0 Å². The molecular formula is C50H71N11O12. The van der Waals surface area contributed by atoms with Crippen LogP contribution in [0.3, 0.4) is 0 Å². The van der Waals surface area contributed by atoms with E-state index in [0.29, 0.717) is 11.3 Å². The molecule has 0 bridgehead atoms. The van der Waals surface area contributed by atoms with Crippen LogP contribution >= 0.6 is 0 Å². The number of H-pyrrole nitrogens is 1. The molecule has 0 saturated carbocycles. The van der Waals surface area contributed by atoms with Crippen LogP contribution in [0.15, 0.2) is 73.2 Å². The van der Waals surface area contributed by atoms with Crippen molar-refractivity contribution < 1.29 is 58.2 Å². The van der Waals surface area contributed by atoms with Gasteiger partial charge in [-0.25, -0.2) is 9.78 Å². The fourth-order valence-electron chi connectivity index (χ4n) is 7.61. The Bertz CT molecular complexity index is 2330. The number of imidazole rings is 1. The third kappa shape index (κ3) is 21.3. The number of hydrogen-bond donors (Lipinski definition) is 12. The minimum atomic E-state index is -1.73. The molecule has 3 rings (SSSR count). The lowest BCUT2D eigenvalue weighted by atomic mass is 9.99. The zero-order chi connectivity index (χ0) is 54.4. The predicted octanol–water partition coefficient (Wildman–Crippen LogP) is -0.269. The van der Waals surface area contributed by atoms with Crippen molar-refractivity contribution >= 4 is 59.2 Å². The molecule has 0 saturated heterocycles. The van der Waals surface area contributed by atoms with Gasteiger partial charge in [-0.2, -0.15) is 0 Å². The van der Waals surface area contributed by atoms with Crippen LogP contribution in [0.4, 0.5) is 0 Å². The molecular weight excluding hydrogens is 947 g/mol. The first-order chi connectivity index (χ1) is 34.4. The number of carboxylic acid groups (broad SMARTS) is 2. The van der Waals surface area contributed by atoms with Crippen molar-refractivity contribution in [2.24, 2.45) is 29.2 Å². The maximum atomic E-state index is 14.4. The van der Waals surface area contributed by atoms with Gasteiger partial charge in [0.05, 0.1) is 18.8 Å². The van der Waals surface area contributed by atoms with Gasteiger partial charge in [0.2, 0.25) is 47.3 Å². The smallest absolute Gasteiger partial charge is 0.326 e. The number of carbonyl (C=O) groups is 10. The van der Waals surface area contributed by atoms with Crippen LogP contribution in [0, 0.1) is 17.8 Å². The highest BCUT2D eigenvalue weighted by Crippen LogP contribution is 2.13. The first-order valence-corrected chi connectivity index (χ1v) is 24.1. The highest BCUT2D eigenvalue weighted by Gasteiger charge is 2.36. The molecule has 1 aromatic heterocycles. The normalized spacial score (nSPS) is 14.5. The molecule has 14 N–H and O–H groups in total. The summed E-state index contributed by atoms with van der Waals surface area (Å²) in [7, 11) is 0. The van der Waals surface area contributed by atoms with Gasteiger partial charge in [-0.1, -0.05) is 102 Å². The number of primary amides is 1. The van der Waals surface area contributed by atoms with Crippen LogP contribution < -0.4 is 48.7 Å². The number of nitrogens with zero attached hydrogens (tertiary/aromatic N) is 1. The number of benzene rings is 2. The van der Waals surface area contributed by atoms with Gasteiger partial charge in [0.15, 0.2) is 0 Å². The quantitative estimate of drug-likeness (QED) is 0.0395. The molecule has 3 aromatic rings. The van der Waals surface area contributed by atoms with Gasteiger partial charge in [0, 0.05) is 31.2 Å². The van der Waals surface area contributed by atoms with E-state index in [0.717, 1.165) is 5.56 Å². The molecule has 2 aromatic carbocycles. The lowest BCUT2D eigenvalue weighted by Gasteiger charge is -2.28. The van der Waals surface area contributed by atoms with Crippen molar-refractivity contribution in [2.45, 2.75) is 141 Å². The number of carbonyl (C=O) groups excluding carboxylic acids is 8. The van der Waals surface area contributed by atoms with E-state index in [-0.39, 0.29) is 43.9 Å². The number of carboxylic acids is 2. The Hall–Kier alpha value is -7.69. The van der Waals surface area contributed by atoms with Crippen molar-refractivity contribution in [2.75, 3.05) is 0 Å². The first kappa shape index (κ1) is 59.6. The Balaban J connectivity index is 1.91. The second kappa shape index (κ2) is 29.6. The van der Waals surface area contributed by atoms with E-state index in [1.165, 1.54) is 12.5 Å². The third-order valence-corrected chi connectivity index (χ3v) is 11.4. The molecule has 1 heterocycles. The summed E-state index contributed by atoms with van der Waals surface area (Å²) >= 11 is 0. The summed E-state index contributed by atoms with van der Waals surface area (Å²) in [5, 5.41) is 37.2. The van der Waals surface area contributed by atoms with Crippen molar-refractivity contribution in [3.05, 3.63) is 90.0 Å². The zero-order valence-corrected chi connectivity index (χ0v) is 42.0. The average molecular weight is 1020 g/mol. The summed E-state index contributed by atoms with van der Waals surface area (Å²) in [6, 6.07) is 6.18. The number of hydrogen-bond acceptors (Lipinski definition) is 12. The van der Waals surface area contributed by atoms with E-state index < -0.39 is 133 Å². The highest BCUT2D eigenvalue weighted by atomic mass is 16.4. The number of aromatic nitrogens is 2. The zero-order valence-electron chi connectivity index (χ0n) is 42.0. The number of nitrogens with two attached hydrogens (primary N) is 2. The highest BCUT2D eigenvalue weighted by molar-refractivity contribution is 5.99. The van der Waals surface area contributed by atoms with E-state index in [1.54, 1.807) is 102 Å². The fraction of sp³-hybridized carbons (Fsp3) is 0.500. The van der Waals surface area contributed by atoms with E-state index in [4.69, 9.17) is 11.5 Å². The lowest BCUT2D eigenvalue weighted by Crippen LogP contribution is -2.61. The first-order valence-electron chi connectivity index (χ1n) is 24.1. The molecule has 0 spiro atoms. The van der Waals surface area contributed by atoms with E-state index >= 15 is 0 Å². The van der Waals surface area contributed by atoms with Gasteiger partial charge in [-0.3, -0.25) is 43.2 Å². The van der Waals surface area contributed by atoms with Gasteiger partial charge in [-0.15, -0.1) is 0 Å². The van der Waals surface area contributed by atoms with Gasteiger partial charge >= 0.3 is 11.9 Å². The summed E-state index contributed by atoms with van der Waals surface area (Å²) in [4.78, 5) is 140. The van der Waals surface area contributed by atoms with Crippen LogP contribution in [-0.4, -0.2) is 128 Å². The van der Waals surface area contributed by atoms with E-state index in [1.807, 2.05) is 0 Å². The molecule has 23 nitrogen and oxygen atoms in total. The van der Waals surface area contributed by atoms with Gasteiger partial charge in [0.1, 0.15) is 42.3 Å². The summed E-state index contributed by atoms with van der Waals surface area (Å²) in [5.74, 6) is -10.8. The van der Waals surface area contributed by atoms with Gasteiger partial charge < -0.3 is 63.9 Å². The fourth-order valence-corrected chi connectivity index (χ4v) is 7.61. The summed E-state index contributed by atoms with van der Waals surface area (Å²) in [5.41, 5.74) is 13.4. The Morgan fingerprint density at radius 2 is 0.973 bits per heavy atom. The van der Waals surface area contributed by atoms with Gasteiger partial charge in [-0.05, 0) is 54.6 Å². The van der Waals surface area contributed by atoms with Crippen molar-refractivity contribution in [1.82, 2.24) is 47.2 Å². The number of nitrogens with one attached hydrogen (secondary N) is 8. The molecule has 23 heteroatoms. The molecule has 8 amide bonds. The number of rotatable bonds is 31. The SMILES string of the molecule is CC(C)C[C@H](NC(=O)[C@H](Cc1ccccc1)NC(=O)[C@H](CCC(=O)O)NC(=O)[C@H](CC(N)=O)NC(=O)[C@H](CC(C)C)NC(=O)[C@@H](N)Cc1ccccc1)C(=O)N[C@@H](Cc1cnc[nH]1)C(=O)N[C@H](C(=O)O)C(C)C. The molecule has 0 aliphatic carbocycles. The second-order valence-electron chi connectivity index (χ2n) is 19.1. The molecule has 8 atom stereocenters. The molecule has 73 heavy (non-hydrogen) atoms. The minimum Gasteiger partial charge on any atom is -0.481 e. The largest absolute Gasteiger partial charge is 0.481 e. The Morgan fingerprint density at radius 3 is 1.44 bits per heavy atom. The molecule has 0 aliphatic heterocycles. The summed E-state index contributed by atoms with van der Waals surface area (Å²) in [6.45, 7) is 10.3. The average Bonchev–Trinajstić information content (AvgIpc) is 3.83. The third-order valence-electron chi connectivity index (χ3n) is 11.4. The molecule has 0 aliphatic rings. The Labute approximate surface area is 423 Å². The summed E-state index contributed by atoms with van der Waals surface area (Å²) in [6.07, 6.45) is 0.754. The summed E-state index contributed by atoms with van der Waals surface area (Å²) < 4.78 is 0. The Kier molecular flexibility index (Phi) is 24.2. The van der Waals surface area contributed by atoms with Crippen LogP contribution in [0.2, 0.25) is 0 Å². The molecule has 0 fully saturated rings. The van der Waals surface area contributed by atoms with E-state index in [9.17, 15) is 58.2 Å². The van der Waals surface area contributed by atoms with Crippen LogP contribution in [-0.2, 0) is 67.2 Å². The molecule has 0 radical (unpaired) electrons. The Morgan fingerprint density at radius 1 is 0.548 bits per heavy atom. The number of aromatic amines is 1. The number of aliphatic carboxylic acids is 2. The second-order valence-corrected chi connectivity index (χ2v) is 19.1. The molecule has 0 unspecified atom stereocenters. The standard InChI is InChI=1S/C50H71N11O12/c1-27(2)19-35(56-43(65)33(51)21-30-13-9-7-10-14-30)45(67)60-39(24-40(52)62)48(70)55-34(17-18-41(63)64)44(66)58-37(22-31-15-11-8-12-16-31)47(69)57-36(20-28(3)4)46(68)59-38(23-32-25-53-26-54-32)49(71)61-42(29(5)6)50(72)73/h7-16,25-29,33-39,42H,17-24,51H2,1-6H3,(H2,52,62)(H,53,54)(H,55,70)(H,56,65)(H,57,69)(H,58,66)(H,59,68)(H,60,67)(H,61,71)(H,63,64)(H,72,73)/t33-,34-,35-,36-,37-,38-,39-,42-/m0/s1. The van der Waals surface area contributed by atoms with Crippen molar-refractivity contribution in [3.8, 4) is 0 Å². The maximum Gasteiger partial charge on any atom is 0.326 e. The monoisotopic (exact) mass is 1020 g/mol. The van der Waals surface area contributed by atoms with Crippen LogP contribution in [0.1, 0.15) is 90.5 Å². The predicted molar refractivity (Wildman–Crippen MR) is 266 cm³/mol. The molecule has 398 valence electrons. The number of amides is 8. The minimum absolute atomic E-state index is 0.0260. The topological polar surface area (TPSA) is 376 Å². The van der Waals surface area contributed by atoms with Gasteiger partial charge in [0.25, 0.3) is 0 Å². The van der Waals surface area contributed by atoms with Crippen LogP contribution in [0.25, 0.3) is 0 Å². The lowest BCUT2D eigenvalue weighted by molar-refractivity contribution is -0.143. The maximum absolute atomic E-state index is 14.4. The van der Waals surface area contributed by atoms with Crippen molar-refractivity contribution in [3.63, 3.8) is 0 Å². The van der Waals surface area contributed by atoms with E-state index in [2.05, 4.69) is 47.2 Å². The van der Waals surface area contributed by atoms with Crippen LogP contribution in [0.5, 0.6) is 0 Å².